The fraction of sp³-hybridized carbons (Fsp3) is 0.500. The van der Waals surface area contributed by atoms with E-state index in [0.717, 1.165) is 5.75 Å². The largest absolute Gasteiger partial charge is 0.502 e. The van der Waals surface area contributed by atoms with Gasteiger partial charge in [0.05, 0.1) is 0 Å². The molecule has 0 aliphatic rings. The standard InChI is InChI=1S/C10H14O4S/c1-6-5-8(12)9(13)10(14-6)7(11)3-4-15-2/h5,7,11,13H,3-4H2,1-2H3. The fourth-order valence-corrected chi connectivity index (χ4v) is 1.67. The predicted molar refractivity (Wildman–Crippen MR) is 59.3 cm³/mol. The summed E-state index contributed by atoms with van der Waals surface area (Å²) < 4.78 is 5.14. The zero-order chi connectivity index (χ0) is 11.4. The van der Waals surface area contributed by atoms with Crippen LogP contribution in [0.15, 0.2) is 15.3 Å². The summed E-state index contributed by atoms with van der Waals surface area (Å²) in [4.78, 5) is 11.2. The molecule has 0 radical (unpaired) electrons. The Hall–Kier alpha value is -0.940. The van der Waals surface area contributed by atoms with Crippen molar-refractivity contribution in [3.8, 4) is 5.75 Å². The number of hydrogen-bond donors (Lipinski definition) is 2. The highest BCUT2D eigenvalue weighted by Gasteiger charge is 2.17. The molecule has 0 aliphatic carbocycles. The van der Waals surface area contributed by atoms with Gasteiger partial charge in [0.2, 0.25) is 11.2 Å². The molecule has 1 aromatic rings. The van der Waals surface area contributed by atoms with Gasteiger partial charge in [0.25, 0.3) is 0 Å². The smallest absolute Gasteiger partial charge is 0.227 e. The third kappa shape index (κ3) is 3.00. The molecule has 0 aromatic carbocycles. The molecule has 15 heavy (non-hydrogen) atoms. The van der Waals surface area contributed by atoms with Gasteiger partial charge in [-0.3, -0.25) is 4.79 Å². The van der Waals surface area contributed by atoms with Crippen LogP contribution in [0.5, 0.6) is 5.75 Å². The summed E-state index contributed by atoms with van der Waals surface area (Å²) in [6, 6.07) is 1.19. The van der Waals surface area contributed by atoms with Gasteiger partial charge in [0, 0.05) is 6.07 Å². The highest BCUT2D eigenvalue weighted by atomic mass is 32.2. The maximum atomic E-state index is 11.2. The maximum absolute atomic E-state index is 11.2. The van der Waals surface area contributed by atoms with Gasteiger partial charge in [-0.1, -0.05) is 0 Å². The summed E-state index contributed by atoms with van der Waals surface area (Å²) in [5.41, 5.74) is -0.517. The number of thioether (sulfide) groups is 1. The molecule has 0 spiro atoms. The average Bonchev–Trinajstić information content (AvgIpc) is 2.19. The number of aromatic hydroxyl groups is 1. The number of aryl methyl sites for hydroxylation is 1. The van der Waals surface area contributed by atoms with Gasteiger partial charge >= 0.3 is 0 Å². The quantitative estimate of drug-likeness (QED) is 0.819. The van der Waals surface area contributed by atoms with Crippen molar-refractivity contribution in [2.45, 2.75) is 19.4 Å². The summed E-state index contributed by atoms with van der Waals surface area (Å²) in [6.07, 6.45) is 1.44. The minimum absolute atomic E-state index is 0.0333. The second-order valence-corrected chi connectivity index (χ2v) is 4.22. The van der Waals surface area contributed by atoms with Crippen molar-refractivity contribution in [3.05, 3.63) is 27.8 Å². The van der Waals surface area contributed by atoms with Crippen LogP contribution in [0.4, 0.5) is 0 Å². The Labute approximate surface area is 91.9 Å². The van der Waals surface area contributed by atoms with E-state index in [0.29, 0.717) is 12.2 Å². The number of aliphatic hydroxyl groups is 1. The van der Waals surface area contributed by atoms with Crippen molar-refractivity contribution >= 4 is 11.8 Å². The minimum atomic E-state index is -0.926. The Kier molecular flexibility index (Phi) is 4.23. The van der Waals surface area contributed by atoms with E-state index in [1.54, 1.807) is 18.7 Å². The molecular formula is C10H14O4S. The Morgan fingerprint density at radius 3 is 2.87 bits per heavy atom. The van der Waals surface area contributed by atoms with Gasteiger partial charge in [-0.05, 0) is 25.4 Å². The van der Waals surface area contributed by atoms with Crippen molar-refractivity contribution in [1.29, 1.82) is 0 Å². The first-order valence-electron chi connectivity index (χ1n) is 4.57. The number of rotatable bonds is 4. The van der Waals surface area contributed by atoms with Crippen molar-refractivity contribution in [2.24, 2.45) is 0 Å². The fourth-order valence-electron chi connectivity index (χ4n) is 1.21. The summed E-state index contributed by atoms with van der Waals surface area (Å²) in [5.74, 6) is 0.595. The molecule has 1 aromatic heterocycles. The molecule has 1 unspecified atom stereocenters. The van der Waals surface area contributed by atoms with Gasteiger partial charge in [-0.2, -0.15) is 11.8 Å². The Morgan fingerprint density at radius 2 is 2.27 bits per heavy atom. The van der Waals surface area contributed by atoms with Crippen LogP contribution in [0.3, 0.4) is 0 Å². The van der Waals surface area contributed by atoms with Crippen molar-refractivity contribution < 1.29 is 14.6 Å². The lowest BCUT2D eigenvalue weighted by molar-refractivity contribution is 0.136. The van der Waals surface area contributed by atoms with Gasteiger partial charge in [-0.15, -0.1) is 0 Å². The lowest BCUT2D eigenvalue weighted by Gasteiger charge is -2.10. The summed E-state index contributed by atoms with van der Waals surface area (Å²) in [7, 11) is 0. The van der Waals surface area contributed by atoms with Crippen LogP contribution in [0, 0.1) is 6.92 Å². The van der Waals surface area contributed by atoms with E-state index in [9.17, 15) is 15.0 Å². The van der Waals surface area contributed by atoms with Crippen LogP contribution < -0.4 is 5.43 Å². The molecule has 1 rings (SSSR count). The topological polar surface area (TPSA) is 70.7 Å². The van der Waals surface area contributed by atoms with E-state index < -0.39 is 17.3 Å². The first kappa shape index (κ1) is 12.1. The van der Waals surface area contributed by atoms with Crippen LogP contribution >= 0.6 is 11.8 Å². The molecule has 2 N–H and O–H groups in total. The molecule has 0 saturated heterocycles. The second kappa shape index (κ2) is 5.23. The van der Waals surface area contributed by atoms with Crippen molar-refractivity contribution in [2.75, 3.05) is 12.0 Å². The van der Waals surface area contributed by atoms with Crippen LogP contribution in [-0.2, 0) is 0 Å². The van der Waals surface area contributed by atoms with E-state index in [4.69, 9.17) is 4.42 Å². The molecular weight excluding hydrogens is 216 g/mol. The van der Waals surface area contributed by atoms with Gasteiger partial charge in [0.1, 0.15) is 11.9 Å². The lowest BCUT2D eigenvalue weighted by Crippen LogP contribution is -2.07. The van der Waals surface area contributed by atoms with Gasteiger partial charge < -0.3 is 14.6 Å². The summed E-state index contributed by atoms with van der Waals surface area (Å²) in [5, 5.41) is 19.1. The van der Waals surface area contributed by atoms with Crippen molar-refractivity contribution in [1.82, 2.24) is 0 Å². The van der Waals surface area contributed by atoms with Gasteiger partial charge in [0.15, 0.2) is 5.76 Å². The molecule has 1 heterocycles. The van der Waals surface area contributed by atoms with Crippen LogP contribution in [0.2, 0.25) is 0 Å². The van der Waals surface area contributed by atoms with E-state index in [1.807, 2.05) is 6.26 Å². The molecule has 1 atom stereocenters. The van der Waals surface area contributed by atoms with E-state index in [2.05, 4.69) is 0 Å². The first-order valence-corrected chi connectivity index (χ1v) is 5.96. The maximum Gasteiger partial charge on any atom is 0.227 e. The monoisotopic (exact) mass is 230 g/mol. The zero-order valence-corrected chi connectivity index (χ0v) is 9.50. The number of hydrogen-bond acceptors (Lipinski definition) is 5. The molecule has 0 amide bonds. The van der Waals surface area contributed by atoms with E-state index >= 15 is 0 Å². The molecule has 0 bridgehead atoms. The highest BCUT2D eigenvalue weighted by molar-refractivity contribution is 7.98. The third-order valence-electron chi connectivity index (χ3n) is 1.97. The number of aliphatic hydroxyl groups excluding tert-OH is 1. The third-order valence-corrected chi connectivity index (χ3v) is 2.61. The van der Waals surface area contributed by atoms with Crippen LogP contribution in [-0.4, -0.2) is 22.2 Å². The Balaban J connectivity index is 2.97. The van der Waals surface area contributed by atoms with E-state index in [-0.39, 0.29) is 5.76 Å². The molecule has 0 fully saturated rings. The van der Waals surface area contributed by atoms with Crippen LogP contribution in [0.25, 0.3) is 0 Å². The van der Waals surface area contributed by atoms with Gasteiger partial charge in [-0.25, -0.2) is 0 Å². The highest BCUT2D eigenvalue weighted by Crippen LogP contribution is 2.25. The first-order chi connectivity index (χ1) is 7.06. The molecule has 84 valence electrons. The van der Waals surface area contributed by atoms with Crippen LogP contribution in [0.1, 0.15) is 24.0 Å². The second-order valence-electron chi connectivity index (χ2n) is 3.23. The zero-order valence-electron chi connectivity index (χ0n) is 8.69. The average molecular weight is 230 g/mol. The Morgan fingerprint density at radius 1 is 1.60 bits per heavy atom. The summed E-state index contributed by atoms with van der Waals surface area (Å²) in [6.45, 7) is 1.60. The summed E-state index contributed by atoms with van der Waals surface area (Å²) >= 11 is 1.58. The molecule has 4 nitrogen and oxygen atoms in total. The SMILES string of the molecule is CSCCC(O)c1oc(C)cc(=O)c1O. The normalized spacial score (nSPS) is 12.7. The van der Waals surface area contributed by atoms with E-state index in [1.165, 1.54) is 6.07 Å². The van der Waals surface area contributed by atoms with Crippen molar-refractivity contribution in [3.63, 3.8) is 0 Å². The molecule has 5 heteroatoms. The Bertz CT molecular complexity index is 385. The lowest BCUT2D eigenvalue weighted by atomic mass is 10.2. The molecule has 0 aliphatic heterocycles. The predicted octanol–water partition coefficient (Wildman–Crippen LogP) is 1.44. The molecule has 0 saturated carbocycles. The minimum Gasteiger partial charge on any atom is -0.502 e.